The SMILES string of the molecule is O=C1CCC(N2Cc3ccc(CNC(=O)OC4CC5(CCCC5)C4)cc3C2=O)C(=O)N1. The van der Waals surface area contributed by atoms with Crippen molar-refractivity contribution in [2.75, 3.05) is 0 Å². The second-order valence-electron chi connectivity index (χ2n) is 9.39. The van der Waals surface area contributed by atoms with E-state index in [-0.39, 0.29) is 30.9 Å². The van der Waals surface area contributed by atoms with Crippen molar-refractivity contribution >= 4 is 23.8 Å². The molecule has 164 valence electrons. The third-order valence-corrected chi connectivity index (χ3v) is 7.29. The van der Waals surface area contributed by atoms with Gasteiger partial charge in [-0.25, -0.2) is 4.79 Å². The van der Waals surface area contributed by atoms with E-state index in [0.717, 1.165) is 24.0 Å². The van der Waals surface area contributed by atoms with Crippen LogP contribution in [-0.2, 0) is 27.4 Å². The van der Waals surface area contributed by atoms with Crippen molar-refractivity contribution in [2.45, 2.75) is 76.6 Å². The first-order chi connectivity index (χ1) is 14.9. The molecule has 8 heteroatoms. The minimum Gasteiger partial charge on any atom is -0.446 e. The van der Waals surface area contributed by atoms with Gasteiger partial charge in [-0.2, -0.15) is 0 Å². The average Bonchev–Trinajstić information content (AvgIpc) is 3.32. The minimum atomic E-state index is -0.625. The molecule has 2 saturated carbocycles. The van der Waals surface area contributed by atoms with Crippen LogP contribution >= 0.6 is 0 Å². The molecule has 4 aliphatic rings. The third-order valence-electron chi connectivity index (χ3n) is 7.29. The Morgan fingerprint density at radius 1 is 1.19 bits per heavy atom. The number of imide groups is 1. The van der Waals surface area contributed by atoms with Crippen LogP contribution < -0.4 is 10.6 Å². The first-order valence-corrected chi connectivity index (χ1v) is 11.1. The molecule has 1 spiro atoms. The minimum absolute atomic E-state index is 0.0155. The van der Waals surface area contributed by atoms with Gasteiger partial charge in [0.2, 0.25) is 11.8 Å². The number of ether oxygens (including phenoxy) is 1. The van der Waals surface area contributed by atoms with Gasteiger partial charge >= 0.3 is 6.09 Å². The lowest BCUT2D eigenvalue weighted by atomic mass is 9.66. The van der Waals surface area contributed by atoms with Crippen molar-refractivity contribution in [1.29, 1.82) is 0 Å². The van der Waals surface area contributed by atoms with Crippen molar-refractivity contribution < 1.29 is 23.9 Å². The summed E-state index contributed by atoms with van der Waals surface area (Å²) in [4.78, 5) is 50.1. The number of carbonyl (C=O) groups is 4. The maximum absolute atomic E-state index is 12.9. The van der Waals surface area contributed by atoms with Crippen LogP contribution in [0.1, 0.15) is 72.9 Å². The number of benzene rings is 1. The van der Waals surface area contributed by atoms with Crippen LogP contribution in [0.3, 0.4) is 0 Å². The summed E-state index contributed by atoms with van der Waals surface area (Å²) in [6.45, 7) is 0.620. The van der Waals surface area contributed by atoms with E-state index in [0.29, 0.717) is 23.9 Å². The summed E-state index contributed by atoms with van der Waals surface area (Å²) in [7, 11) is 0. The molecule has 1 saturated heterocycles. The van der Waals surface area contributed by atoms with Crippen LogP contribution in [0.2, 0.25) is 0 Å². The summed E-state index contributed by atoms with van der Waals surface area (Å²) in [5.74, 6) is -0.936. The third kappa shape index (κ3) is 3.79. The Kier molecular flexibility index (Phi) is 4.95. The Hall–Kier alpha value is -2.90. The molecule has 0 bridgehead atoms. The zero-order valence-corrected chi connectivity index (χ0v) is 17.4. The van der Waals surface area contributed by atoms with Gasteiger partial charge in [-0.15, -0.1) is 0 Å². The van der Waals surface area contributed by atoms with Crippen molar-refractivity contribution in [3.05, 3.63) is 34.9 Å². The van der Waals surface area contributed by atoms with Gasteiger partial charge in [0.05, 0.1) is 0 Å². The normalized spacial score (nSPS) is 24.7. The molecule has 1 unspecified atom stereocenters. The molecule has 0 aromatic heterocycles. The lowest BCUT2D eigenvalue weighted by molar-refractivity contribution is -0.136. The first kappa shape index (κ1) is 20.0. The number of piperidine rings is 1. The van der Waals surface area contributed by atoms with Crippen molar-refractivity contribution in [2.24, 2.45) is 5.41 Å². The molecule has 4 amide bonds. The molecule has 31 heavy (non-hydrogen) atoms. The Morgan fingerprint density at radius 3 is 2.71 bits per heavy atom. The fourth-order valence-electron chi connectivity index (χ4n) is 5.60. The first-order valence-electron chi connectivity index (χ1n) is 11.1. The van der Waals surface area contributed by atoms with E-state index in [2.05, 4.69) is 10.6 Å². The molecule has 1 aromatic carbocycles. The van der Waals surface area contributed by atoms with Crippen LogP contribution in [0.5, 0.6) is 0 Å². The van der Waals surface area contributed by atoms with Gasteiger partial charge in [-0.05, 0) is 54.7 Å². The van der Waals surface area contributed by atoms with Crippen LogP contribution in [0, 0.1) is 5.41 Å². The monoisotopic (exact) mass is 425 g/mol. The Bertz CT molecular complexity index is 945. The number of hydrogen-bond donors (Lipinski definition) is 2. The van der Waals surface area contributed by atoms with E-state index >= 15 is 0 Å². The summed E-state index contributed by atoms with van der Waals surface area (Å²) in [5, 5.41) is 5.09. The van der Waals surface area contributed by atoms with Gasteiger partial charge in [0, 0.05) is 25.1 Å². The second kappa shape index (κ2) is 7.66. The lowest BCUT2D eigenvalue weighted by Gasteiger charge is -2.44. The highest BCUT2D eigenvalue weighted by Crippen LogP contribution is 2.54. The van der Waals surface area contributed by atoms with Crippen LogP contribution in [0.4, 0.5) is 4.79 Å². The number of hydrogen-bond acceptors (Lipinski definition) is 5. The topological polar surface area (TPSA) is 105 Å². The molecule has 2 heterocycles. The molecule has 2 aliphatic heterocycles. The number of fused-ring (bicyclic) bond motifs is 1. The van der Waals surface area contributed by atoms with Gasteiger partial charge in [-0.3, -0.25) is 19.7 Å². The van der Waals surface area contributed by atoms with Crippen molar-refractivity contribution in [1.82, 2.24) is 15.5 Å². The average molecular weight is 425 g/mol. The van der Waals surface area contributed by atoms with E-state index in [1.807, 2.05) is 12.1 Å². The Labute approximate surface area is 180 Å². The number of nitrogens with zero attached hydrogens (tertiary/aromatic N) is 1. The van der Waals surface area contributed by atoms with E-state index in [1.165, 1.54) is 30.6 Å². The molecule has 2 N–H and O–H groups in total. The van der Waals surface area contributed by atoms with Gasteiger partial charge in [-0.1, -0.05) is 25.0 Å². The summed E-state index contributed by atoms with van der Waals surface area (Å²) in [6.07, 6.45) is 7.21. The molecular weight excluding hydrogens is 398 g/mol. The number of carbonyl (C=O) groups excluding carboxylic acids is 4. The standard InChI is InChI=1S/C23H27N3O5/c27-19-6-5-18(20(28)25-19)26-13-15-4-3-14(9-17(15)21(26)29)12-24-22(30)31-16-10-23(11-16)7-1-2-8-23/h3-4,9,16,18H,1-2,5-8,10-13H2,(H,24,30)(H,25,27,28). The van der Waals surface area contributed by atoms with Gasteiger partial charge < -0.3 is 15.0 Å². The van der Waals surface area contributed by atoms with Gasteiger partial charge in [0.25, 0.3) is 5.91 Å². The lowest BCUT2D eigenvalue weighted by Crippen LogP contribution is -2.52. The number of rotatable bonds is 4. The smallest absolute Gasteiger partial charge is 0.407 e. The Balaban J connectivity index is 1.15. The summed E-state index contributed by atoms with van der Waals surface area (Å²) in [5.41, 5.74) is 2.62. The fourth-order valence-corrected chi connectivity index (χ4v) is 5.60. The molecular formula is C23H27N3O5. The van der Waals surface area contributed by atoms with Crippen molar-refractivity contribution in [3.8, 4) is 0 Å². The zero-order chi connectivity index (χ0) is 21.6. The van der Waals surface area contributed by atoms with E-state index in [1.54, 1.807) is 6.07 Å². The highest BCUT2D eigenvalue weighted by atomic mass is 16.6. The molecule has 1 aromatic rings. The van der Waals surface area contributed by atoms with Crippen LogP contribution in [-0.4, -0.2) is 40.9 Å². The highest BCUT2D eigenvalue weighted by molar-refractivity contribution is 6.05. The zero-order valence-electron chi connectivity index (χ0n) is 17.4. The number of nitrogens with one attached hydrogen (secondary N) is 2. The predicted molar refractivity (Wildman–Crippen MR) is 110 cm³/mol. The van der Waals surface area contributed by atoms with E-state index in [9.17, 15) is 19.2 Å². The van der Waals surface area contributed by atoms with Gasteiger partial charge in [0.15, 0.2) is 0 Å². The number of alkyl carbamates (subject to hydrolysis) is 1. The molecule has 5 rings (SSSR count). The van der Waals surface area contributed by atoms with E-state index in [4.69, 9.17) is 4.74 Å². The molecule has 0 radical (unpaired) electrons. The fraction of sp³-hybridized carbons (Fsp3) is 0.565. The molecule has 3 fully saturated rings. The van der Waals surface area contributed by atoms with Crippen LogP contribution in [0.15, 0.2) is 18.2 Å². The molecule has 8 nitrogen and oxygen atoms in total. The maximum Gasteiger partial charge on any atom is 0.407 e. The number of amides is 4. The van der Waals surface area contributed by atoms with Crippen molar-refractivity contribution in [3.63, 3.8) is 0 Å². The van der Waals surface area contributed by atoms with Gasteiger partial charge in [0.1, 0.15) is 12.1 Å². The maximum atomic E-state index is 12.9. The molecule has 1 atom stereocenters. The highest BCUT2D eigenvalue weighted by Gasteiger charge is 2.47. The quantitative estimate of drug-likeness (QED) is 0.721. The largest absolute Gasteiger partial charge is 0.446 e. The summed E-state index contributed by atoms with van der Waals surface area (Å²) in [6, 6.07) is 4.87. The summed E-state index contributed by atoms with van der Waals surface area (Å²) < 4.78 is 5.53. The molecule has 2 aliphatic carbocycles. The predicted octanol–water partition coefficient (Wildman–Crippen LogP) is 2.40. The summed E-state index contributed by atoms with van der Waals surface area (Å²) >= 11 is 0. The van der Waals surface area contributed by atoms with Crippen LogP contribution in [0.25, 0.3) is 0 Å². The Morgan fingerprint density at radius 2 is 1.97 bits per heavy atom. The van der Waals surface area contributed by atoms with E-state index < -0.39 is 18.0 Å². The second-order valence-corrected chi connectivity index (χ2v) is 9.39.